The predicted molar refractivity (Wildman–Crippen MR) is 86.0 cm³/mol. The zero-order valence-corrected chi connectivity index (χ0v) is 13.8. The van der Waals surface area contributed by atoms with Crippen LogP contribution in [-0.4, -0.2) is 32.3 Å². The lowest BCUT2D eigenvalue weighted by molar-refractivity contribution is -0.159. The SMILES string of the molecule is CCOC(=O)C(C(=O)OCC)C1=Cc2ccc(OC)cc2CC1. The fraction of sp³-hybridized carbons (Fsp3) is 0.444. The molecule has 0 heterocycles. The maximum absolute atomic E-state index is 12.2. The summed E-state index contributed by atoms with van der Waals surface area (Å²) < 4.78 is 15.3. The van der Waals surface area contributed by atoms with Gasteiger partial charge in [0.15, 0.2) is 5.92 Å². The fourth-order valence-electron chi connectivity index (χ4n) is 2.70. The van der Waals surface area contributed by atoms with Gasteiger partial charge < -0.3 is 14.2 Å². The van der Waals surface area contributed by atoms with E-state index in [9.17, 15) is 9.59 Å². The summed E-state index contributed by atoms with van der Waals surface area (Å²) in [5, 5.41) is 0. The molecule has 0 saturated heterocycles. The Bertz CT molecular complexity index is 600. The molecule has 0 aliphatic heterocycles. The monoisotopic (exact) mass is 318 g/mol. The third-order valence-electron chi connectivity index (χ3n) is 3.79. The van der Waals surface area contributed by atoms with Crippen molar-refractivity contribution >= 4 is 18.0 Å². The Morgan fingerprint density at radius 1 is 1.09 bits per heavy atom. The molecule has 1 aliphatic rings. The summed E-state index contributed by atoms with van der Waals surface area (Å²) in [7, 11) is 1.63. The number of hydrogen-bond donors (Lipinski definition) is 0. The van der Waals surface area contributed by atoms with Crippen LogP contribution in [0.2, 0.25) is 0 Å². The van der Waals surface area contributed by atoms with Crippen molar-refractivity contribution in [3.05, 3.63) is 34.9 Å². The Hall–Kier alpha value is -2.30. The van der Waals surface area contributed by atoms with E-state index in [1.807, 2.05) is 24.3 Å². The van der Waals surface area contributed by atoms with Gasteiger partial charge in [0.2, 0.25) is 0 Å². The Labute approximate surface area is 136 Å². The molecule has 0 amide bonds. The first-order valence-corrected chi connectivity index (χ1v) is 7.81. The second kappa shape index (κ2) is 7.81. The van der Waals surface area contributed by atoms with Crippen LogP contribution >= 0.6 is 0 Å². The normalized spacial score (nSPS) is 13.1. The molecule has 0 aromatic heterocycles. The highest BCUT2D eigenvalue weighted by molar-refractivity contribution is 5.99. The molecule has 0 radical (unpaired) electrons. The Balaban J connectivity index is 2.33. The molecule has 0 fully saturated rings. The maximum atomic E-state index is 12.2. The highest BCUT2D eigenvalue weighted by Gasteiger charge is 2.34. The average molecular weight is 318 g/mol. The Morgan fingerprint density at radius 2 is 1.74 bits per heavy atom. The lowest BCUT2D eigenvalue weighted by atomic mass is 9.85. The first kappa shape index (κ1) is 17.1. The summed E-state index contributed by atoms with van der Waals surface area (Å²) in [5.74, 6) is -1.28. The van der Waals surface area contributed by atoms with E-state index in [0.29, 0.717) is 6.42 Å². The summed E-state index contributed by atoms with van der Waals surface area (Å²) in [6, 6.07) is 5.77. The number of fused-ring (bicyclic) bond motifs is 1. The lowest BCUT2D eigenvalue weighted by Gasteiger charge is -2.22. The van der Waals surface area contributed by atoms with E-state index >= 15 is 0 Å². The lowest BCUT2D eigenvalue weighted by Crippen LogP contribution is -2.30. The van der Waals surface area contributed by atoms with Crippen LogP contribution in [0, 0.1) is 5.92 Å². The van der Waals surface area contributed by atoms with Crippen LogP contribution in [0.5, 0.6) is 5.75 Å². The third-order valence-corrected chi connectivity index (χ3v) is 3.79. The number of benzene rings is 1. The number of methoxy groups -OCH3 is 1. The van der Waals surface area contributed by atoms with Crippen LogP contribution in [0.15, 0.2) is 23.8 Å². The van der Waals surface area contributed by atoms with Crippen LogP contribution in [0.1, 0.15) is 31.4 Å². The van der Waals surface area contributed by atoms with Gasteiger partial charge in [-0.2, -0.15) is 0 Å². The largest absolute Gasteiger partial charge is 0.497 e. The molecule has 0 unspecified atom stereocenters. The van der Waals surface area contributed by atoms with E-state index < -0.39 is 17.9 Å². The number of carbonyl (C=O) groups excluding carboxylic acids is 2. The molecule has 0 saturated carbocycles. The molecule has 5 heteroatoms. The smallest absolute Gasteiger partial charge is 0.324 e. The molecule has 1 aliphatic carbocycles. The Kier molecular flexibility index (Phi) is 5.79. The van der Waals surface area contributed by atoms with Crippen LogP contribution in [0.3, 0.4) is 0 Å². The molecular weight excluding hydrogens is 296 g/mol. The average Bonchev–Trinajstić information content (AvgIpc) is 2.55. The van der Waals surface area contributed by atoms with E-state index in [-0.39, 0.29) is 13.2 Å². The van der Waals surface area contributed by atoms with Gasteiger partial charge in [-0.25, -0.2) is 0 Å². The molecule has 0 spiro atoms. The van der Waals surface area contributed by atoms with Crippen LogP contribution in [-0.2, 0) is 25.5 Å². The Morgan fingerprint density at radius 3 is 2.30 bits per heavy atom. The molecule has 5 nitrogen and oxygen atoms in total. The van der Waals surface area contributed by atoms with Gasteiger partial charge in [-0.3, -0.25) is 9.59 Å². The second-order valence-corrected chi connectivity index (χ2v) is 5.22. The maximum Gasteiger partial charge on any atom is 0.324 e. The topological polar surface area (TPSA) is 61.8 Å². The van der Waals surface area contributed by atoms with Gasteiger partial charge in [-0.05, 0) is 55.5 Å². The molecule has 0 N–H and O–H groups in total. The molecule has 2 rings (SSSR count). The third kappa shape index (κ3) is 3.92. The zero-order valence-electron chi connectivity index (χ0n) is 13.8. The van der Waals surface area contributed by atoms with E-state index in [4.69, 9.17) is 14.2 Å². The van der Waals surface area contributed by atoms with E-state index in [1.54, 1.807) is 21.0 Å². The number of hydrogen-bond acceptors (Lipinski definition) is 5. The van der Waals surface area contributed by atoms with Crippen LogP contribution in [0.25, 0.3) is 6.08 Å². The van der Waals surface area contributed by atoms with Crippen molar-refractivity contribution in [1.82, 2.24) is 0 Å². The van der Waals surface area contributed by atoms with Crippen molar-refractivity contribution in [2.24, 2.45) is 5.92 Å². The highest BCUT2D eigenvalue weighted by Crippen LogP contribution is 2.31. The summed E-state index contributed by atoms with van der Waals surface area (Å²) in [6.07, 6.45) is 3.24. The minimum Gasteiger partial charge on any atom is -0.497 e. The second-order valence-electron chi connectivity index (χ2n) is 5.22. The van der Waals surface area contributed by atoms with Crippen molar-refractivity contribution in [3.8, 4) is 5.75 Å². The van der Waals surface area contributed by atoms with E-state index in [2.05, 4.69) is 0 Å². The summed E-state index contributed by atoms with van der Waals surface area (Å²) in [6.45, 7) is 3.90. The fourth-order valence-corrected chi connectivity index (χ4v) is 2.70. The number of aryl methyl sites for hydroxylation is 1. The molecule has 1 aromatic rings. The first-order valence-electron chi connectivity index (χ1n) is 7.81. The standard InChI is InChI=1S/C18H22O5/c1-4-22-17(19)16(18(20)23-5-2)14-7-6-13-11-15(21-3)9-8-12(13)10-14/h8-11,16H,4-7H2,1-3H3. The van der Waals surface area contributed by atoms with Gasteiger partial charge in [0.05, 0.1) is 20.3 Å². The number of esters is 2. The van der Waals surface area contributed by atoms with Gasteiger partial charge in [0, 0.05) is 0 Å². The first-order chi connectivity index (χ1) is 11.1. The number of carbonyl (C=O) groups is 2. The van der Waals surface area contributed by atoms with Crippen molar-refractivity contribution in [2.75, 3.05) is 20.3 Å². The van der Waals surface area contributed by atoms with E-state index in [1.165, 1.54) is 0 Å². The van der Waals surface area contributed by atoms with Crippen molar-refractivity contribution < 1.29 is 23.8 Å². The summed E-state index contributed by atoms with van der Waals surface area (Å²) in [4.78, 5) is 24.4. The summed E-state index contributed by atoms with van der Waals surface area (Å²) >= 11 is 0. The summed E-state index contributed by atoms with van der Waals surface area (Å²) in [5.41, 5.74) is 2.87. The quantitative estimate of drug-likeness (QED) is 0.596. The van der Waals surface area contributed by atoms with Gasteiger partial charge in [0.25, 0.3) is 0 Å². The van der Waals surface area contributed by atoms with Crippen LogP contribution < -0.4 is 4.74 Å². The van der Waals surface area contributed by atoms with Gasteiger partial charge in [-0.1, -0.05) is 12.1 Å². The molecular formula is C18H22O5. The minimum atomic E-state index is -0.981. The highest BCUT2D eigenvalue weighted by atomic mass is 16.6. The van der Waals surface area contributed by atoms with Crippen molar-refractivity contribution in [2.45, 2.75) is 26.7 Å². The number of rotatable bonds is 6. The molecule has 1 aromatic carbocycles. The minimum absolute atomic E-state index is 0.232. The number of ether oxygens (including phenoxy) is 3. The van der Waals surface area contributed by atoms with Crippen molar-refractivity contribution in [1.29, 1.82) is 0 Å². The predicted octanol–water partition coefficient (Wildman–Crippen LogP) is 2.77. The zero-order chi connectivity index (χ0) is 16.8. The van der Waals surface area contributed by atoms with Crippen LogP contribution in [0.4, 0.5) is 0 Å². The van der Waals surface area contributed by atoms with Crippen molar-refractivity contribution in [3.63, 3.8) is 0 Å². The molecule has 0 atom stereocenters. The van der Waals surface area contributed by atoms with Gasteiger partial charge in [0.1, 0.15) is 5.75 Å². The van der Waals surface area contributed by atoms with Gasteiger partial charge >= 0.3 is 11.9 Å². The van der Waals surface area contributed by atoms with Gasteiger partial charge in [-0.15, -0.1) is 0 Å². The molecule has 23 heavy (non-hydrogen) atoms. The molecule has 124 valence electrons. The van der Waals surface area contributed by atoms with E-state index in [0.717, 1.165) is 28.9 Å². The molecule has 0 bridgehead atoms.